The van der Waals surface area contributed by atoms with Crippen molar-refractivity contribution in [2.45, 2.75) is 19.5 Å². The van der Waals surface area contributed by atoms with Crippen molar-refractivity contribution in [2.75, 3.05) is 32.0 Å². The van der Waals surface area contributed by atoms with Gasteiger partial charge in [-0.05, 0) is 11.6 Å². The van der Waals surface area contributed by atoms with Gasteiger partial charge in [0.05, 0.1) is 6.04 Å². The highest BCUT2D eigenvalue weighted by Gasteiger charge is 2.30. The van der Waals surface area contributed by atoms with E-state index >= 15 is 0 Å². The van der Waals surface area contributed by atoms with Crippen LogP contribution in [0.2, 0.25) is 0 Å². The average Bonchev–Trinajstić information content (AvgIpc) is 2.62. The molecule has 0 radical (unpaired) electrons. The fourth-order valence-electron chi connectivity index (χ4n) is 3.35. The van der Waals surface area contributed by atoms with Gasteiger partial charge in [0, 0.05) is 51.9 Å². The summed E-state index contributed by atoms with van der Waals surface area (Å²) in [6, 6.07) is 14.5. The summed E-state index contributed by atoms with van der Waals surface area (Å²) in [7, 11) is 1.90. The molecular formula is C19H24N4O. The molecule has 0 saturated carbocycles. The van der Waals surface area contributed by atoms with Crippen LogP contribution in [0.5, 0.6) is 0 Å². The van der Waals surface area contributed by atoms with Crippen molar-refractivity contribution in [1.82, 2.24) is 14.8 Å². The van der Waals surface area contributed by atoms with E-state index in [9.17, 15) is 4.79 Å². The van der Waals surface area contributed by atoms with E-state index in [1.54, 1.807) is 13.1 Å². The zero-order valence-electron chi connectivity index (χ0n) is 14.3. The van der Waals surface area contributed by atoms with Crippen molar-refractivity contribution in [2.24, 2.45) is 0 Å². The van der Waals surface area contributed by atoms with E-state index in [0.29, 0.717) is 0 Å². The number of benzene rings is 1. The van der Waals surface area contributed by atoms with E-state index in [-0.39, 0.29) is 11.9 Å². The van der Waals surface area contributed by atoms with Crippen LogP contribution in [-0.4, -0.2) is 47.4 Å². The zero-order chi connectivity index (χ0) is 16.9. The van der Waals surface area contributed by atoms with Crippen LogP contribution >= 0.6 is 0 Å². The van der Waals surface area contributed by atoms with Gasteiger partial charge >= 0.3 is 0 Å². The topological polar surface area (TPSA) is 48.5 Å². The van der Waals surface area contributed by atoms with Crippen molar-refractivity contribution in [3.8, 4) is 0 Å². The van der Waals surface area contributed by atoms with Gasteiger partial charge in [0.1, 0.15) is 5.82 Å². The maximum Gasteiger partial charge on any atom is 0.220 e. The minimum atomic E-state index is 0.104. The molecule has 5 heteroatoms. The first-order valence-electron chi connectivity index (χ1n) is 8.35. The molecule has 1 aromatic heterocycles. The van der Waals surface area contributed by atoms with Crippen LogP contribution in [0.3, 0.4) is 0 Å². The van der Waals surface area contributed by atoms with Crippen LogP contribution in [0, 0.1) is 0 Å². The Morgan fingerprint density at radius 2 is 2.00 bits per heavy atom. The summed E-state index contributed by atoms with van der Waals surface area (Å²) in [4.78, 5) is 20.8. The third kappa shape index (κ3) is 3.57. The second-order valence-electron chi connectivity index (χ2n) is 6.14. The number of nitrogens with zero attached hydrogens (tertiary/aromatic N) is 3. The summed E-state index contributed by atoms with van der Waals surface area (Å²) in [6.07, 6.45) is 1.80. The monoisotopic (exact) mass is 324 g/mol. The van der Waals surface area contributed by atoms with E-state index in [1.165, 1.54) is 11.1 Å². The molecule has 1 fully saturated rings. The predicted molar refractivity (Wildman–Crippen MR) is 95.6 cm³/mol. The van der Waals surface area contributed by atoms with Crippen molar-refractivity contribution in [1.29, 1.82) is 0 Å². The Morgan fingerprint density at radius 3 is 2.71 bits per heavy atom. The Morgan fingerprint density at radius 1 is 1.21 bits per heavy atom. The van der Waals surface area contributed by atoms with Crippen LogP contribution in [-0.2, 0) is 11.3 Å². The van der Waals surface area contributed by atoms with Gasteiger partial charge in [-0.2, -0.15) is 0 Å². The molecule has 1 amide bonds. The van der Waals surface area contributed by atoms with Crippen molar-refractivity contribution < 1.29 is 4.79 Å². The molecule has 3 rings (SSSR count). The number of hydrogen-bond donors (Lipinski definition) is 1. The Hall–Kier alpha value is -2.40. The first-order chi connectivity index (χ1) is 11.7. The highest BCUT2D eigenvalue weighted by Crippen LogP contribution is 2.27. The van der Waals surface area contributed by atoms with E-state index in [0.717, 1.165) is 32.0 Å². The molecule has 1 aromatic carbocycles. The van der Waals surface area contributed by atoms with Crippen LogP contribution in [0.4, 0.5) is 5.82 Å². The largest absolute Gasteiger partial charge is 0.373 e. The lowest BCUT2D eigenvalue weighted by Gasteiger charge is -2.41. The van der Waals surface area contributed by atoms with E-state index < -0.39 is 0 Å². The fraction of sp³-hybridized carbons (Fsp3) is 0.368. The van der Waals surface area contributed by atoms with Gasteiger partial charge in [-0.25, -0.2) is 4.98 Å². The van der Waals surface area contributed by atoms with Crippen LogP contribution in [0.1, 0.15) is 24.1 Å². The molecule has 1 aliphatic heterocycles. The van der Waals surface area contributed by atoms with E-state index in [4.69, 9.17) is 0 Å². The average molecular weight is 324 g/mol. The predicted octanol–water partition coefficient (Wildman–Crippen LogP) is 2.53. The molecule has 0 unspecified atom stereocenters. The van der Waals surface area contributed by atoms with Gasteiger partial charge in [0.2, 0.25) is 5.91 Å². The quantitative estimate of drug-likeness (QED) is 0.939. The first-order valence-corrected chi connectivity index (χ1v) is 8.35. The first kappa shape index (κ1) is 16.5. The standard InChI is InChI=1S/C19H24N4O/c1-15(24)23-12-11-22(13-17-9-6-10-21-19(17)20-2)14-18(23)16-7-4-3-5-8-16/h3-10,18H,11-14H2,1-2H3,(H,20,21)/t18-/m1/s1. The minimum Gasteiger partial charge on any atom is -0.373 e. The zero-order valence-corrected chi connectivity index (χ0v) is 14.3. The molecule has 0 spiro atoms. The minimum absolute atomic E-state index is 0.104. The van der Waals surface area contributed by atoms with Crippen molar-refractivity contribution in [3.63, 3.8) is 0 Å². The Bertz CT molecular complexity index is 689. The number of pyridine rings is 1. The fourth-order valence-corrected chi connectivity index (χ4v) is 3.35. The Balaban J connectivity index is 1.79. The van der Waals surface area contributed by atoms with Gasteiger partial charge in [-0.1, -0.05) is 36.4 Å². The molecule has 0 bridgehead atoms. The molecular weight excluding hydrogens is 300 g/mol. The molecule has 0 aliphatic carbocycles. The van der Waals surface area contributed by atoms with Crippen LogP contribution in [0.15, 0.2) is 48.7 Å². The summed E-state index contributed by atoms with van der Waals surface area (Å²) in [5.74, 6) is 1.06. The molecule has 1 saturated heterocycles. The van der Waals surface area contributed by atoms with Crippen LogP contribution in [0.25, 0.3) is 0 Å². The molecule has 2 aromatic rings. The van der Waals surface area contributed by atoms with E-state index in [1.807, 2.05) is 36.2 Å². The summed E-state index contributed by atoms with van der Waals surface area (Å²) in [6.45, 7) is 4.96. The Labute approximate surface area is 143 Å². The molecule has 2 heterocycles. The molecule has 1 N–H and O–H groups in total. The number of carbonyl (C=O) groups is 1. The number of carbonyl (C=O) groups excluding carboxylic acids is 1. The molecule has 1 atom stereocenters. The van der Waals surface area contributed by atoms with Gasteiger partial charge in [-0.15, -0.1) is 0 Å². The highest BCUT2D eigenvalue weighted by molar-refractivity contribution is 5.74. The number of nitrogens with one attached hydrogen (secondary N) is 1. The summed E-state index contributed by atoms with van der Waals surface area (Å²) >= 11 is 0. The molecule has 126 valence electrons. The highest BCUT2D eigenvalue weighted by atomic mass is 16.2. The normalized spacial score (nSPS) is 18.4. The number of aromatic nitrogens is 1. The van der Waals surface area contributed by atoms with Crippen molar-refractivity contribution in [3.05, 3.63) is 59.8 Å². The Kier molecular flexibility index (Phi) is 5.11. The van der Waals surface area contributed by atoms with Gasteiger partial charge in [0.15, 0.2) is 0 Å². The summed E-state index contributed by atoms with van der Waals surface area (Å²) in [5.41, 5.74) is 2.38. The smallest absolute Gasteiger partial charge is 0.220 e. The summed E-state index contributed by atoms with van der Waals surface area (Å²) < 4.78 is 0. The number of hydrogen-bond acceptors (Lipinski definition) is 4. The molecule has 5 nitrogen and oxygen atoms in total. The molecule has 24 heavy (non-hydrogen) atoms. The number of rotatable bonds is 4. The lowest BCUT2D eigenvalue weighted by atomic mass is 10.0. The lowest BCUT2D eigenvalue weighted by Crippen LogP contribution is -2.49. The van der Waals surface area contributed by atoms with Gasteiger partial charge in [-0.3, -0.25) is 9.69 Å². The maximum absolute atomic E-state index is 12.0. The third-order valence-electron chi connectivity index (χ3n) is 4.58. The SMILES string of the molecule is CNc1ncccc1CN1CCN(C(C)=O)[C@@H](c2ccccc2)C1. The molecule has 1 aliphatic rings. The second kappa shape index (κ2) is 7.45. The van der Waals surface area contributed by atoms with E-state index in [2.05, 4.69) is 33.4 Å². The van der Waals surface area contributed by atoms with Crippen LogP contribution < -0.4 is 5.32 Å². The maximum atomic E-state index is 12.0. The number of amides is 1. The van der Waals surface area contributed by atoms with Gasteiger partial charge in [0.25, 0.3) is 0 Å². The summed E-state index contributed by atoms with van der Waals surface area (Å²) in [5, 5.41) is 3.15. The van der Waals surface area contributed by atoms with Crippen molar-refractivity contribution >= 4 is 11.7 Å². The lowest BCUT2D eigenvalue weighted by molar-refractivity contribution is -0.134. The number of anilines is 1. The van der Waals surface area contributed by atoms with Gasteiger partial charge < -0.3 is 10.2 Å². The second-order valence-corrected chi connectivity index (χ2v) is 6.14. The number of piperazine rings is 1. The third-order valence-corrected chi connectivity index (χ3v) is 4.58.